The van der Waals surface area contributed by atoms with Gasteiger partial charge in [0, 0.05) is 17.3 Å². The quantitative estimate of drug-likeness (QED) is 0.423. The zero-order valence-electron chi connectivity index (χ0n) is 19.8. The number of nitrogens with one attached hydrogen (secondary N) is 2. The summed E-state index contributed by atoms with van der Waals surface area (Å²) >= 11 is 0. The lowest BCUT2D eigenvalue weighted by Crippen LogP contribution is -2.31. The van der Waals surface area contributed by atoms with Gasteiger partial charge >= 0.3 is 0 Å². The van der Waals surface area contributed by atoms with Crippen molar-refractivity contribution in [3.05, 3.63) is 77.7 Å². The summed E-state index contributed by atoms with van der Waals surface area (Å²) in [6.07, 6.45) is 1.83. The van der Waals surface area contributed by atoms with Crippen LogP contribution < -0.4 is 9.46 Å². The smallest absolute Gasteiger partial charge is 0.268 e. The van der Waals surface area contributed by atoms with Gasteiger partial charge in [-0.15, -0.1) is 0 Å². The zero-order chi connectivity index (χ0) is 24.7. The lowest BCUT2D eigenvalue weighted by atomic mass is 9.87. The van der Waals surface area contributed by atoms with Gasteiger partial charge in [-0.1, -0.05) is 51.1 Å². The highest BCUT2D eigenvalue weighted by Crippen LogP contribution is 2.31. The maximum Gasteiger partial charge on any atom is 0.268 e. The molecule has 0 spiro atoms. The van der Waals surface area contributed by atoms with Crippen LogP contribution in [0.3, 0.4) is 0 Å². The molecule has 176 valence electrons. The summed E-state index contributed by atoms with van der Waals surface area (Å²) in [5, 5.41) is 1.71. The molecule has 7 nitrogen and oxygen atoms in total. The SMILES string of the molecule is COc1ccc(C(C)(C)C)cc1S(=O)(=O)NC(=O)c1ccc2c(-c3c[nH]c(C)n3)cccc2c1. The molecule has 0 aliphatic heterocycles. The minimum absolute atomic E-state index is 0.0762. The molecular formula is C26H27N3O4S. The Morgan fingerprint density at radius 2 is 1.82 bits per heavy atom. The van der Waals surface area contributed by atoms with Gasteiger partial charge in [-0.2, -0.15) is 0 Å². The number of amides is 1. The Kier molecular flexibility index (Phi) is 5.95. The Balaban J connectivity index is 1.68. The van der Waals surface area contributed by atoms with Crippen molar-refractivity contribution < 1.29 is 17.9 Å². The molecule has 0 saturated heterocycles. The van der Waals surface area contributed by atoms with E-state index in [1.807, 2.05) is 58.2 Å². The number of carbonyl (C=O) groups is 1. The molecule has 0 saturated carbocycles. The number of ether oxygens (including phenoxy) is 1. The number of fused-ring (bicyclic) bond motifs is 1. The maximum atomic E-state index is 13.2. The summed E-state index contributed by atoms with van der Waals surface area (Å²) in [5.74, 6) is 0.260. The second-order valence-corrected chi connectivity index (χ2v) is 10.8. The predicted octanol–water partition coefficient (Wildman–Crippen LogP) is 4.96. The van der Waals surface area contributed by atoms with Crippen molar-refractivity contribution in [1.82, 2.24) is 14.7 Å². The molecule has 0 atom stereocenters. The fourth-order valence-electron chi connectivity index (χ4n) is 3.79. The Morgan fingerprint density at radius 3 is 2.47 bits per heavy atom. The van der Waals surface area contributed by atoms with Gasteiger partial charge < -0.3 is 9.72 Å². The summed E-state index contributed by atoms with van der Waals surface area (Å²) in [6.45, 7) is 7.83. The molecule has 0 fully saturated rings. The van der Waals surface area contributed by atoms with Crippen LogP contribution in [0.1, 0.15) is 42.5 Å². The van der Waals surface area contributed by atoms with Crippen LogP contribution in [0.5, 0.6) is 5.75 Å². The van der Waals surface area contributed by atoms with Gasteiger partial charge in [-0.3, -0.25) is 4.79 Å². The third-order valence-corrected chi connectivity index (χ3v) is 7.02. The molecule has 4 rings (SSSR count). The van der Waals surface area contributed by atoms with Crippen molar-refractivity contribution >= 4 is 26.7 Å². The average Bonchev–Trinajstić information content (AvgIpc) is 3.23. The van der Waals surface area contributed by atoms with Crippen molar-refractivity contribution in [1.29, 1.82) is 0 Å². The minimum Gasteiger partial charge on any atom is -0.495 e. The van der Waals surface area contributed by atoms with E-state index >= 15 is 0 Å². The highest BCUT2D eigenvalue weighted by molar-refractivity contribution is 7.90. The second kappa shape index (κ2) is 8.61. The minimum atomic E-state index is -4.17. The van der Waals surface area contributed by atoms with E-state index in [0.717, 1.165) is 33.4 Å². The lowest BCUT2D eigenvalue weighted by molar-refractivity contribution is 0.0981. The van der Waals surface area contributed by atoms with Crippen LogP contribution in [0, 0.1) is 6.92 Å². The molecule has 0 radical (unpaired) electrons. The molecule has 3 aromatic carbocycles. The maximum absolute atomic E-state index is 13.2. The number of aryl methyl sites for hydroxylation is 1. The zero-order valence-corrected chi connectivity index (χ0v) is 20.6. The highest BCUT2D eigenvalue weighted by atomic mass is 32.2. The number of carbonyl (C=O) groups excluding carboxylic acids is 1. The van der Waals surface area contributed by atoms with Gasteiger partial charge in [0.15, 0.2) is 0 Å². The Morgan fingerprint density at radius 1 is 1.06 bits per heavy atom. The number of hydrogen-bond donors (Lipinski definition) is 2. The molecule has 34 heavy (non-hydrogen) atoms. The van der Waals surface area contributed by atoms with E-state index in [2.05, 4.69) is 14.7 Å². The largest absolute Gasteiger partial charge is 0.495 e. The summed E-state index contributed by atoms with van der Waals surface area (Å²) in [6, 6.07) is 15.8. The van der Waals surface area contributed by atoms with E-state index in [1.165, 1.54) is 7.11 Å². The Labute approximate surface area is 199 Å². The molecule has 0 aliphatic rings. The molecule has 4 aromatic rings. The molecule has 0 aliphatic carbocycles. The number of sulfonamides is 1. The molecule has 1 aromatic heterocycles. The lowest BCUT2D eigenvalue weighted by Gasteiger charge is -2.21. The third-order valence-electron chi connectivity index (χ3n) is 5.67. The molecule has 2 N–H and O–H groups in total. The number of rotatable bonds is 5. The number of H-pyrrole nitrogens is 1. The Hall–Kier alpha value is -3.65. The molecule has 8 heteroatoms. The van der Waals surface area contributed by atoms with Gasteiger partial charge in [-0.05, 0) is 52.9 Å². The number of imidazole rings is 1. The van der Waals surface area contributed by atoms with Gasteiger partial charge in [0.25, 0.3) is 15.9 Å². The van der Waals surface area contributed by atoms with Crippen molar-refractivity contribution in [3.8, 4) is 17.0 Å². The van der Waals surface area contributed by atoms with Gasteiger partial charge in [0.2, 0.25) is 0 Å². The second-order valence-electron chi connectivity index (χ2n) is 9.16. The van der Waals surface area contributed by atoms with Gasteiger partial charge in [0.1, 0.15) is 16.5 Å². The first-order chi connectivity index (χ1) is 16.0. The standard InChI is InChI=1S/C26H27N3O4S/c1-16-27-15-22(28-16)21-8-6-7-17-13-18(9-11-20(17)21)25(30)29-34(31,32)24-14-19(26(2,3)4)10-12-23(24)33-5/h6-15H,1-5H3,(H,27,28)(H,29,30). The van der Waals surface area contributed by atoms with E-state index in [9.17, 15) is 13.2 Å². The van der Waals surface area contributed by atoms with Crippen LogP contribution in [0.2, 0.25) is 0 Å². The fraction of sp³-hybridized carbons (Fsp3) is 0.231. The van der Waals surface area contributed by atoms with Crippen LogP contribution >= 0.6 is 0 Å². The Bertz CT molecular complexity index is 1500. The van der Waals surface area contributed by atoms with Crippen molar-refractivity contribution in [3.63, 3.8) is 0 Å². The van der Waals surface area contributed by atoms with Crippen molar-refractivity contribution in [2.45, 2.75) is 38.0 Å². The third kappa shape index (κ3) is 4.54. The van der Waals surface area contributed by atoms with E-state index in [0.29, 0.717) is 0 Å². The molecule has 1 amide bonds. The first-order valence-electron chi connectivity index (χ1n) is 10.8. The fourth-order valence-corrected chi connectivity index (χ4v) is 4.96. The monoisotopic (exact) mass is 477 g/mol. The number of methoxy groups -OCH3 is 1. The molecular weight excluding hydrogens is 450 g/mol. The van der Waals surface area contributed by atoms with Gasteiger partial charge in [0.05, 0.1) is 12.8 Å². The van der Waals surface area contributed by atoms with Crippen LogP contribution in [0.15, 0.2) is 65.7 Å². The van der Waals surface area contributed by atoms with E-state index in [-0.39, 0.29) is 21.6 Å². The van der Waals surface area contributed by atoms with Crippen molar-refractivity contribution in [2.75, 3.05) is 7.11 Å². The van der Waals surface area contributed by atoms with Crippen LogP contribution in [-0.4, -0.2) is 31.4 Å². The first-order valence-corrected chi connectivity index (χ1v) is 12.3. The molecule has 0 bridgehead atoms. The van der Waals surface area contributed by atoms with E-state index in [1.54, 1.807) is 30.3 Å². The van der Waals surface area contributed by atoms with Crippen LogP contribution in [0.4, 0.5) is 0 Å². The van der Waals surface area contributed by atoms with E-state index < -0.39 is 15.9 Å². The first kappa shape index (κ1) is 23.5. The summed E-state index contributed by atoms with van der Waals surface area (Å²) in [4.78, 5) is 20.5. The van der Waals surface area contributed by atoms with E-state index in [4.69, 9.17) is 4.74 Å². The number of aromatic nitrogens is 2. The summed E-state index contributed by atoms with van der Waals surface area (Å²) in [7, 11) is -2.78. The number of hydrogen-bond acceptors (Lipinski definition) is 5. The topological polar surface area (TPSA) is 101 Å². The average molecular weight is 478 g/mol. The predicted molar refractivity (Wildman–Crippen MR) is 133 cm³/mol. The van der Waals surface area contributed by atoms with Crippen LogP contribution in [-0.2, 0) is 15.4 Å². The number of nitrogens with zero attached hydrogens (tertiary/aromatic N) is 1. The molecule has 1 heterocycles. The van der Waals surface area contributed by atoms with Crippen LogP contribution in [0.25, 0.3) is 22.0 Å². The molecule has 0 unspecified atom stereocenters. The van der Waals surface area contributed by atoms with Gasteiger partial charge in [-0.25, -0.2) is 18.1 Å². The highest BCUT2D eigenvalue weighted by Gasteiger charge is 2.26. The summed E-state index contributed by atoms with van der Waals surface area (Å²) < 4.78 is 33.8. The number of benzene rings is 3. The normalized spacial score (nSPS) is 12.0. The summed E-state index contributed by atoms with van der Waals surface area (Å²) in [5.41, 5.74) is 2.49. The number of aromatic amines is 1. The van der Waals surface area contributed by atoms with Crippen molar-refractivity contribution in [2.24, 2.45) is 0 Å².